The molecule has 27 heavy (non-hydrogen) atoms. The first-order valence-corrected chi connectivity index (χ1v) is 8.90. The normalized spacial score (nSPS) is 10.0. The zero-order chi connectivity index (χ0) is 19.6. The number of aryl methyl sites for hydroxylation is 1. The summed E-state index contributed by atoms with van der Waals surface area (Å²) in [7, 11) is 0. The van der Waals surface area contributed by atoms with Crippen molar-refractivity contribution in [2.45, 2.75) is 39.7 Å². The SMILES string of the molecule is CCCCC#CCOc1cccc(CNC(=O)c2ccc(C)nc2N)c1F. The van der Waals surface area contributed by atoms with Gasteiger partial charge in [-0.2, -0.15) is 0 Å². The van der Waals surface area contributed by atoms with Crippen LogP contribution in [-0.4, -0.2) is 17.5 Å². The number of anilines is 1. The minimum absolute atomic E-state index is 0.0113. The first-order chi connectivity index (χ1) is 13.0. The number of nitrogens with two attached hydrogens (primary N) is 1. The van der Waals surface area contributed by atoms with Gasteiger partial charge in [0, 0.05) is 24.2 Å². The monoisotopic (exact) mass is 369 g/mol. The maximum Gasteiger partial charge on any atom is 0.255 e. The Morgan fingerprint density at radius 2 is 2.11 bits per heavy atom. The number of hydrogen-bond acceptors (Lipinski definition) is 4. The molecule has 0 aliphatic heterocycles. The average Bonchev–Trinajstić information content (AvgIpc) is 2.64. The van der Waals surface area contributed by atoms with Crippen LogP contribution in [0.25, 0.3) is 0 Å². The van der Waals surface area contributed by atoms with Crippen LogP contribution in [0.1, 0.15) is 47.8 Å². The summed E-state index contributed by atoms with van der Waals surface area (Å²) < 4.78 is 19.9. The van der Waals surface area contributed by atoms with E-state index in [1.807, 2.05) is 0 Å². The number of unbranched alkanes of at least 4 members (excludes halogenated alkanes) is 2. The van der Waals surface area contributed by atoms with Crippen molar-refractivity contribution >= 4 is 11.7 Å². The van der Waals surface area contributed by atoms with Crippen LogP contribution in [0.5, 0.6) is 5.75 Å². The quantitative estimate of drug-likeness (QED) is 0.577. The van der Waals surface area contributed by atoms with Crippen LogP contribution < -0.4 is 15.8 Å². The molecule has 1 aromatic carbocycles. The van der Waals surface area contributed by atoms with Gasteiger partial charge in [0.25, 0.3) is 5.91 Å². The number of benzene rings is 1. The van der Waals surface area contributed by atoms with Crippen molar-refractivity contribution in [3.63, 3.8) is 0 Å². The fourth-order valence-electron chi connectivity index (χ4n) is 2.36. The third-order valence-electron chi connectivity index (χ3n) is 3.87. The number of hydrogen-bond donors (Lipinski definition) is 2. The fourth-order valence-corrected chi connectivity index (χ4v) is 2.36. The molecule has 0 fully saturated rings. The Hall–Kier alpha value is -3.07. The predicted molar refractivity (Wildman–Crippen MR) is 104 cm³/mol. The first kappa shape index (κ1) is 20.2. The molecule has 1 aromatic heterocycles. The van der Waals surface area contributed by atoms with Gasteiger partial charge in [-0.1, -0.05) is 37.3 Å². The van der Waals surface area contributed by atoms with Crippen molar-refractivity contribution in [3.05, 3.63) is 53.0 Å². The molecule has 0 atom stereocenters. The highest BCUT2D eigenvalue weighted by molar-refractivity contribution is 5.98. The fraction of sp³-hybridized carbons (Fsp3) is 0.333. The van der Waals surface area contributed by atoms with E-state index in [1.54, 1.807) is 31.2 Å². The van der Waals surface area contributed by atoms with Gasteiger partial charge in [-0.3, -0.25) is 4.79 Å². The molecule has 0 saturated heterocycles. The summed E-state index contributed by atoms with van der Waals surface area (Å²) in [6.45, 7) is 4.02. The van der Waals surface area contributed by atoms with Gasteiger partial charge in [0.1, 0.15) is 12.4 Å². The zero-order valence-electron chi connectivity index (χ0n) is 15.6. The molecule has 5 nitrogen and oxygen atoms in total. The summed E-state index contributed by atoms with van der Waals surface area (Å²) in [6, 6.07) is 8.09. The second-order valence-electron chi connectivity index (χ2n) is 6.04. The number of nitrogens with one attached hydrogen (secondary N) is 1. The molecule has 2 rings (SSSR count). The van der Waals surface area contributed by atoms with Gasteiger partial charge in [0.15, 0.2) is 11.6 Å². The predicted octanol–water partition coefficient (Wildman–Crippen LogP) is 3.61. The third-order valence-corrected chi connectivity index (χ3v) is 3.87. The molecule has 0 bridgehead atoms. The Morgan fingerprint density at radius 3 is 2.85 bits per heavy atom. The first-order valence-electron chi connectivity index (χ1n) is 8.90. The van der Waals surface area contributed by atoms with E-state index < -0.39 is 11.7 Å². The van der Waals surface area contributed by atoms with Crippen LogP contribution in [-0.2, 0) is 6.54 Å². The molecular formula is C21H24FN3O2. The molecule has 0 unspecified atom stereocenters. The van der Waals surface area contributed by atoms with Gasteiger partial charge >= 0.3 is 0 Å². The summed E-state index contributed by atoms with van der Waals surface area (Å²) in [5, 5.41) is 2.65. The maximum absolute atomic E-state index is 14.5. The van der Waals surface area contributed by atoms with Gasteiger partial charge in [-0.25, -0.2) is 9.37 Å². The molecule has 1 heterocycles. The van der Waals surface area contributed by atoms with Gasteiger partial charge < -0.3 is 15.8 Å². The Bertz CT molecular complexity index is 856. The van der Waals surface area contributed by atoms with Crippen molar-refractivity contribution in [1.29, 1.82) is 0 Å². The third kappa shape index (κ3) is 6.00. The average molecular weight is 369 g/mol. The van der Waals surface area contributed by atoms with Crippen molar-refractivity contribution in [1.82, 2.24) is 10.3 Å². The summed E-state index contributed by atoms with van der Waals surface area (Å²) in [6.07, 6.45) is 2.94. The molecule has 2 aromatic rings. The number of carbonyl (C=O) groups is 1. The van der Waals surface area contributed by atoms with Crippen molar-refractivity contribution < 1.29 is 13.9 Å². The van der Waals surface area contributed by atoms with Crippen LogP contribution in [0.2, 0.25) is 0 Å². The summed E-state index contributed by atoms with van der Waals surface area (Å²) in [5.41, 5.74) is 7.06. The molecule has 0 aliphatic carbocycles. The topological polar surface area (TPSA) is 77.2 Å². The molecule has 142 valence electrons. The maximum atomic E-state index is 14.5. The van der Waals surface area contributed by atoms with E-state index in [0.717, 1.165) is 25.0 Å². The lowest BCUT2D eigenvalue weighted by Gasteiger charge is -2.10. The van der Waals surface area contributed by atoms with Crippen molar-refractivity contribution in [2.24, 2.45) is 0 Å². The summed E-state index contributed by atoms with van der Waals surface area (Å²) in [5.74, 6) is 5.19. The Kier molecular flexibility index (Phi) is 7.63. The Labute approximate surface area is 159 Å². The Balaban J connectivity index is 1.96. The number of nitrogen functional groups attached to an aromatic ring is 1. The van der Waals surface area contributed by atoms with Crippen LogP contribution >= 0.6 is 0 Å². The minimum Gasteiger partial charge on any atom is -0.478 e. The second-order valence-corrected chi connectivity index (χ2v) is 6.04. The van der Waals surface area contributed by atoms with E-state index in [9.17, 15) is 9.18 Å². The van der Waals surface area contributed by atoms with Crippen molar-refractivity contribution in [2.75, 3.05) is 12.3 Å². The van der Waals surface area contributed by atoms with Gasteiger partial charge in [0.05, 0.1) is 5.56 Å². The number of ether oxygens (including phenoxy) is 1. The molecule has 3 N–H and O–H groups in total. The number of rotatable bonds is 7. The lowest BCUT2D eigenvalue weighted by Crippen LogP contribution is -2.24. The lowest BCUT2D eigenvalue weighted by molar-refractivity contribution is 0.0951. The van der Waals surface area contributed by atoms with Crippen LogP contribution in [0, 0.1) is 24.6 Å². The molecule has 6 heteroatoms. The molecule has 0 radical (unpaired) electrons. The highest BCUT2D eigenvalue weighted by Gasteiger charge is 2.13. The highest BCUT2D eigenvalue weighted by atomic mass is 19.1. The standard InChI is InChI=1S/C21H24FN3O2/c1-3-4-5-6-7-13-27-18-10-8-9-16(19(18)22)14-24-21(26)17-12-11-15(2)25-20(17)23/h8-12H,3-5,13-14H2,1-2H3,(H2,23,25)(H,24,26). The van der Waals surface area contributed by atoms with Gasteiger partial charge in [-0.05, 0) is 31.5 Å². The smallest absolute Gasteiger partial charge is 0.255 e. The molecule has 0 spiro atoms. The molecule has 0 aliphatic rings. The van der Waals surface area contributed by atoms with Crippen LogP contribution in [0.15, 0.2) is 30.3 Å². The van der Waals surface area contributed by atoms with Crippen molar-refractivity contribution in [3.8, 4) is 17.6 Å². The summed E-state index contributed by atoms with van der Waals surface area (Å²) in [4.78, 5) is 16.3. The summed E-state index contributed by atoms with van der Waals surface area (Å²) >= 11 is 0. The van der Waals surface area contributed by atoms with E-state index in [0.29, 0.717) is 5.56 Å². The molecule has 1 amide bonds. The highest BCUT2D eigenvalue weighted by Crippen LogP contribution is 2.20. The lowest BCUT2D eigenvalue weighted by atomic mass is 10.1. The molecular weight excluding hydrogens is 345 g/mol. The number of pyridine rings is 1. The van der Waals surface area contributed by atoms with Crippen LogP contribution in [0.3, 0.4) is 0 Å². The second kappa shape index (κ2) is 10.2. The number of nitrogens with zero attached hydrogens (tertiary/aromatic N) is 1. The minimum atomic E-state index is -0.511. The number of amides is 1. The molecule has 0 saturated carbocycles. The number of aromatic nitrogens is 1. The van der Waals surface area contributed by atoms with E-state index >= 15 is 0 Å². The number of carbonyl (C=O) groups excluding carboxylic acids is 1. The largest absolute Gasteiger partial charge is 0.478 e. The van der Waals surface area contributed by atoms with E-state index in [2.05, 4.69) is 29.1 Å². The van der Waals surface area contributed by atoms with Gasteiger partial charge in [0.2, 0.25) is 0 Å². The van der Waals surface area contributed by atoms with Crippen LogP contribution in [0.4, 0.5) is 10.2 Å². The van der Waals surface area contributed by atoms with E-state index in [1.165, 1.54) is 6.07 Å². The number of halogens is 1. The van der Waals surface area contributed by atoms with Gasteiger partial charge in [-0.15, -0.1) is 0 Å². The van der Waals surface area contributed by atoms with E-state index in [-0.39, 0.29) is 30.3 Å². The Morgan fingerprint density at radius 1 is 1.30 bits per heavy atom. The zero-order valence-corrected chi connectivity index (χ0v) is 15.6. The van der Waals surface area contributed by atoms with E-state index in [4.69, 9.17) is 10.5 Å².